The summed E-state index contributed by atoms with van der Waals surface area (Å²) in [5.74, 6) is 0.731. The number of hydrogen-bond acceptors (Lipinski definition) is 8. The summed E-state index contributed by atoms with van der Waals surface area (Å²) in [5.41, 5.74) is 1.67. The molecule has 1 aliphatic rings. The molecule has 188 valence electrons. The highest BCUT2D eigenvalue weighted by molar-refractivity contribution is 6.10. The maximum atomic E-state index is 9.34. The Labute approximate surface area is 206 Å². The van der Waals surface area contributed by atoms with Gasteiger partial charge >= 0.3 is 0 Å². The molecular weight excluding hydrogens is 426 g/mol. The number of amidine groups is 1. The van der Waals surface area contributed by atoms with E-state index in [0.717, 1.165) is 43.2 Å². The van der Waals surface area contributed by atoms with E-state index in [4.69, 9.17) is 4.74 Å². The highest BCUT2D eigenvalue weighted by Crippen LogP contribution is 2.14. The van der Waals surface area contributed by atoms with E-state index < -0.39 is 5.60 Å². The Morgan fingerprint density at radius 2 is 2.12 bits per heavy atom. The standard InChI is InChI=1S/C26H43N7O/c1-9-13-23(18-27)30-24-17-25(29-19-28-21(24)5)31-22(11-3)14-15-26(6,7)34-20-32(8)33(12-4)16-10-2/h11,13-15,19,21H,9-10,12,16-17,20H2,1-8H3,(H,28,29,31)/b15-14-,22-11+,23-13-,30-24?. The molecule has 0 saturated heterocycles. The lowest BCUT2D eigenvalue weighted by atomic mass is 10.1. The molecule has 34 heavy (non-hydrogen) atoms. The normalized spacial score (nSPS) is 19.1. The van der Waals surface area contributed by atoms with Crippen molar-refractivity contribution in [3.05, 3.63) is 35.7 Å². The molecule has 8 heteroatoms. The summed E-state index contributed by atoms with van der Waals surface area (Å²) in [4.78, 5) is 13.4. The predicted molar refractivity (Wildman–Crippen MR) is 143 cm³/mol. The molecule has 1 heterocycles. The minimum Gasteiger partial charge on any atom is -0.355 e. The first-order valence-corrected chi connectivity index (χ1v) is 12.2. The summed E-state index contributed by atoms with van der Waals surface area (Å²) in [6, 6.07) is 2.01. The molecule has 1 rings (SSSR count). The van der Waals surface area contributed by atoms with Crippen LogP contribution in [-0.2, 0) is 4.74 Å². The van der Waals surface area contributed by atoms with Gasteiger partial charge < -0.3 is 10.1 Å². The van der Waals surface area contributed by atoms with E-state index >= 15 is 0 Å². The molecule has 0 radical (unpaired) electrons. The van der Waals surface area contributed by atoms with Gasteiger partial charge in [-0.1, -0.05) is 32.9 Å². The molecule has 0 saturated carbocycles. The van der Waals surface area contributed by atoms with Gasteiger partial charge in [-0.3, -0.25) is 4.99 Å². The van der Waals surface area contributed by atoms with Crippen LogP contribution in [0.5, 0.6) is 0 Å². The predicted octanol–water partition coefficient (Wildman–Crippen LogP) is 4.84. The lowest BCUT2D eigenvalue weighted by Crippen LogP contribution is -2.43. The van der Waals surface area contributed by atoms with E-state index in [1.807, 2.05) is 58.9 Å². The van der Waals surface area contributed by atoms with Crippen LogP contribution in [0.15, 0.2) is 50.7 Å². The first-order valence-electron chi connectivity index (χ1n) is 12.2. The van der Waals surface area contributed by atoms with Crippen molar-refractivity contribution >= 4 is 17.9 Å². The van der Waals surface area contributed by atoms with Gasteiger partial charge in [0.1, 0.15) is 30.7 Å². The summed E-state index contributed by atoms with van der Waals surface area (Å²) in [5, 5.41) is 17.1. The molecule has 0 spiro atoms. The van der Waals surface area contributed by atoms with Gasteiger partial charge in [-0.2, -0.15) is 5.26 Å². The smallest absolute Gasteiger partial charge is 0.136 e. The van der Waals surface area contributed by atoms with Gasteiger partial charge in [0, 0.05) is 32.3 Å². The second-order valence-electron chi connectivity index (χ2n) is 8.69. The van der Waals surface area contributed by atoms with Crippen molar-refractivity contribution in [1.82, 2.24) is 15.3 Å². The highest BCUT2D eigenvalue weighted by Gasteiger charge is 2.19. The quantitative estimate of drug-likeness (QED) is 0.191. The Hall–Kier alpha value is -2.60. The average molecular weight is 470 g/mol. The van der Waals surface area contributed by atoms with Crippen LogP contribution in [0.3, 0.4) is 0 Å². The van der Waals surface area contributed by atoms with Crippen molar-refractivity contribution in [1.29, 1.82) is 5.26 Å². The van der Waals surface area contributed by atoms with Gasteiger partial charge in [-0.15, -0.1) is 0 Å². The monoisotopic (exact) mass is 469 g/mol. The zero-order valence-electron chi connectivity index (χ0n) is 22.3. The maximum absolute atomic E-state index is 9.34. The van der Waals surface area contributed by atoms with Gasteiger partial charge in [0.25, 0.3) is 0 Å². The number of nitrogens with one attached hydrogen (secondary N) is 1. The average Bonchev–Trinajstić information content (AvgIpc) is 2.98. The maximum Gasteiger partial charge on any atom is 0.136 e. The fraction of sp³-hybridized carbons (Fsp3) is 0.615. The molecule has 0 aromatic heterocycles. The molecule has 1 N–H and O–H groups in total. The number of nitriles is 1. The van der Waals surface area contributed by atoms with E-state index in [9.17, 15) is 5.26 Å². The number of nitrogens with zero attached hydrogens (tertiary/aromatic N) is 6. The number of hydrogen-bond donors (Lipinski definition) is 1. The van der Waals surface area contributed by atoms with E-state index in [1.165, 1.54) is 0 Å². The summed E-state index contributed by atoms with van der Waals surface area (Å²) in [6.07, 6.45) is 11.8. The Morgan fingerprint density at radius 3 is 2.71 bits per heavy atom. The third-order valence-corrected chi connectivity index (χ3v) is 5.33. The van der Waals surface area contributed by atoms with E-state index in [2.05, 4.69) is 57.3 Å². The van der Waals surface area contributed by atoms with Gasteiger partial charge in [0.15, 0.2) is 0 Å². The van der Waals surface area contributed by atoms with Gasteiger partial charge in [-0.05, 0) is 52.7 Å². The van der Waals surface area contributed by atoms with Crippen LogP contribution in [0.25, 0.3) is 0 Å². The third kappa shape index (κ3) is 10.6. The van der Waals surface area contributed by atoms with Crippen molar-refractivity contribution < 1.29 is 4.74 Å². The van der Waals surface area contributed by atoms with Crippen LogP contribution < -0.4 is 5.32 Å². The number of allylic oxidation sites excluding steroid dienone is 4. The lowest BCUT2D eigenvalue weighted by molar-refractivity contribution is -0.121. The van der Waals surface area contributed by atoms with Crippen LogP contribution in [0.1, 0.15) is 67.7 Å². The molecule has 0 fully saturated rings. The van der Waals surface area contributed by atoms with E-state index in [0.29, 0.717) is 18.8 Å². The summed E-state index contributed by atoms with van der Waals surface area (Å²) in [6.45, 7) is 16.8. The summed E-state index contributed by atoms with van der Waals surface area (Å²) in [7, 11) is 2.05. The van der Waals surface area contributed by atoms with E-state index in [1.54, 1.807) is 6.34 Å². The van der Waals surface area contributed by atoms with Crippen LogP contribution in [0.4, 0.5) is 0 Å². The molecule has 1 atom stereocenters. The number of aliphatic imine (C=N–C) groups is 3. The van der Waals surface area contributed by atoms with Gasteiger partial charge in [0.05, 0.1) is 17.4 Å². The largest absolute Gasteiger partial charge is 0.355 e. The Balaban J connectivity index is 2.85. The minimum absolute atomic E-state index is 0.138. The SMILES string of the molecule is C/C=C(\C=C/C(C)(C)OCN(C)N(CC)CCC)NC1=NC=NC(C)C(=N/C(C#N)=C\CC)C1. The van der Waals surface area contributed by atoms with Crippen LogP contribution in [-0.4, -0.2) is 66.4 Å². The van der Waals surface area contributed by atoms with Crippen LogP contribution in [0.2, 0.25) is 0 Å². The van der Waals surface area contributed by atoms with Crippen LogP contribution >= 0.6 is 0 Å². The molecule has 0 aromatic carbocycles. The molecule has 8 nitrogen and oxygen atoms in total. The fourth-order valence-corrected chi connectivity index (χ4v) is 3.21. The lowest BCUT2D eigenvalue weighted by Gasteiger charge is -2.33. The van der Waals surface area contributed by atoms with E-state index in [-0.39, 0.29) is 6.04 Å². The van der Waals surface area contributed by atoms with Crippen LogP contribution in [0, 0.1) is 11.3 Å². The highest BCUT2D eigenvalue weighted by atomic mass is 16.5. The second kappa shape index (κ2) is 15.3. The van der Waals surface area contributed by atoms with Crippen molar-refractivity contribution in [2.45, 2.75) is 79.4 Å². The minimum atomic E-state index is -0.448. The Bertz CT molecular complexity index is 859. The van der Waals surface area contributed by atoms with Gasteiger partial charge in [-0.25, -0.2) is 20.0 Å². The van der Waals surface area contributed by atoms with Crippen molar-refractivity contribution in [3.8, 4) is 6.07 Å². The molecule has 1 aliphatic heterocycles. The molecular formula is C26H43N7O. The Kier molecular flexibility index (Phi) is 13.3. The first kappa shape index (κ1) is 29.4. The molecule has 0 bridgehead atoms. The topological polar surface area (TPSA) is 88.6 Å². The summed E-state index contributed by atoms with van der Waals surface area (Å²) < 4.78 is 6.17. The zero-order valence-corrected chi connectivity index (χ0v) is 22.3. The molecule has 1 unspecified atom stereocenters. The van der Waals surface area contributed by atoms with Crippen molar-refractivity contribution in [2.24, 2.45) is 15.0 Å². The van der Waals surface area contributed by atoms with Crippen molar-refractivity contribution in [2.75, 3.05) is 26.9 Å². The molecule has 0 aliphatic carbocycles. The molecule has 0 aromatic rings. The van der Waals surface area contributed by atoms with Gasteiger partial charge in [0.2, 0.25) is 0 Å². The zero-order chi connectivity index (χ0) is 25.6. The number of ether oxygens (including phenoxy) is 1. The van der Waals surface area contributed by atoms with Crippen molar-refractivity contribution in [3.63, 3.8) is 0 Å². The number of hydrazine groups is 1. The Morgan fingerprint density at radius 1 is 1.38 bits per heavy atom. The number of rotatable bonds is 12. The first-order chi connectivity index (χ1) is 16.2. The fourth-order valence-electron chi connectivity index (χ4n) is 3.21. The molecule has 0 amide bonds. The second-order valence-corrected chi connectivity index (χ2v) is 8.69. The summed E-state index contributed by atoms with van der Waals surface area (Å²) >= 11 is 0. The third-order valence-electron chi connectivity index (χ3n) is 5.33.